The Morgan fingerprint density at radius 3 is 2.21 bits per heavy atom. The van der Waals surface area contributed by atoms with Gasteiger partial charge >= 0.3 is 0 Å². The van der Waals surface area contributed by atoms with Crippen LogP contribution in [0.4, 0.5) is 5.69 Å². The van der Waals surface area contributed by atoms with Crippen molar-refractivity contribution in [3.8, 4) is 17.2 Å². The van der Waals surface area contributed by atoms with Crippen LogP contribution in [0.1, 0.15) is 19.4 Å². The lowest BCUT2D eigenvalue weighted by molar-refractivity contribution is -0.138. The fourth-order valence-electron chi connectivity index (χ4n) is 2.54. The molecule has 150 valence electrons. The molecule has 0 radical (unpaired) electrons. The van der Waals surface area contributed by atoms with Crippen LogP contribution in [0.2, 0.25) is 0 Å². The maximum Gasteiger partial charge on any atom is 0.239 e. The van der Waals surface area contributed by atoms with Crippen molar-refractivity contribution in [2.45, 2.75) is 20.4 Å². The summed E-state index contributed by atoms with van der Waals surface area (Å²) in [6.07, 6.45) is 0. The lowest BCUT2D eigenvalue weighted by Crippen LogP contribution is -2.44. The van der Waals surface area contributed by atoms with Crippen LogP contribution in [0.3, 0.4) is 0 Å². The van der Waals surface area contributed by atoms with Crippen LogP contribution in [0.5, 0.6) is 17.2 Å². The molecule has 0 aliphatic heterocycles. The van der Waals surface area contributed by atoms with Crippen molar-refractivity contribution in [3.63, 3.8) is 0 Å². The fraction of sp³-hybridized carbons (Fsp3) is 0.333. The first kappa shape index (κ1) is 21.1. The predicted molar refractivity (Wildman–Crippen MR) is 107 cm³/mol. The van der Waals surface area contributed by atoms with Crippen LogP contribution in [0, 0.1) is 5.41 Å². The second-order valence-corrected chi connectivity index (χ2v) is 6.64. The SMILES string of the molecule is COc1ccc(OC)c(NC(=O)C(C)(C)C(=O)NCc2ccccc2OC)c1. The largest absolute Gasteiger partial charge is 0.497 e. The Balaban J connectivity index is 2.10. The van der Waals surface area contributed by atoms with Gasteiger partial charge in [-0.1, -0.05) is 18.2 Å². The molecule has 2 rings (SSSR count). The third-order valence-electron chi connectivity index (χ3n) is 4.42. The minimum absolute atomic E-state index is 0.252. The van der Waals surface area contributed by atoms with Crippen molar-refractivity contribution in [2.24, 2.45) is 5.41 Å². The average Bonchev–Trinajstić information content (AvgIpc) is 2.71. The molecule has 2 aromatic carbocycles. The molecule has 7 heteroatoms. The Morgan fingerprint density at radius 1 is 0.893 bits per heavy atom. The van der Waals surface area contributed by atoms with E-state index in [2.05, 4.69) is 10.6 Å². The molecule has 2 aromatic rings. The fourth-order valence-corrected chi connectivity index (χ4v) is 2.54. The van der Waals surface area contributed by atoms with Crippen LogP contribution < -0.4 is 24.8 Å². The van der Waals surface area contributed by atoms with E-state index in [1.165, 1.54) is 14.2 Å². The summed E-state index contributed by atoms with van der Waals surface area (Å²) in [6.45, 7) is 3.38. The number of amides is 2. The Labute approximate surface area is 165 Å². The van der Waals surface area contributed by atoms with E-state index in [9.17, 15) is 9.59 Å². The number of ether oxygens (including phenoxy) is 3. The molecule has 2 N–H and O–H groups in total. The second kappa shape index (κ2) is 9.12. The summed E-state index contributed by atoms with van der Waals surface area (Å²) in [6, 6.07) is 12.4. The van der Waals surface area contributed by atoms with Crippen LogP contribution in [-0.4, -0.2) is 33.1 Å². The van der Waals surface area contributed by atoms with Gasteiger partial charge in [0, 0.05) is 18.2 Å². The number of hydrogen-bond acceptors (Lipinski definition) is 5. The number of nitrogens with one attached hydrogen (secondary N) is 2. The molecule has 0 heterocycles. The highest BCUT2D eigenvalue weighted by Crippen LogP contribution is 2.30. The number of para-hydroxylation sites is 1. The first-order valence-electron chi connectivity index (χ1n) is 8.77. The van der Waals surface area contributed by atoms with Crippen LogP contribution in [0.25, 0.3) is 0 Å². The summed E-state index contributed by atoms with van der Waals surface area (Å²) in [5.41, 5.74) is -0.0581. The third kappa shape index (κ3) is 4.73. The Bertz CT molecular complexity index is 848. The molecular formula is C21H26N2O5. The normalized spacial score (nSPS) is 10.8. The van der Waals surface area contributed by atoms with E-state index in [1.54, 1.807) is 39.2 Å². The van der Waals surface area contributed by atoms with Gasteiger partial charge in [0.1, 0.15) is 22.7 Å². The number of benzene rings is 2. The molecule has 2 amide bonds. The molecule has 0 saturated heterocycles. The minimum Gasteiger partial charge on any atom is -0.497 e. The van der Waals surface area contributed by atoms with Crippen molar-refractivity contribution >= 4 is 17.5 Å². The van der Waals surface area contributed by atoms with Crippen molar-refractivity contribution in [1.82, 2.24) is 5.32 Å². The zero-order valence-corrected chi connectivity index (χ0v) is 16.8. The van der Waals surface area contributed by atoms with Gasteiger partial charge in [-0.15, -0.1) is 0 Å². The number of hydrogen-bond donors (Lipinski definition) is 2. The number of carbonyl (C=O) groups is 2. The standard InChI is InChI=1S/C21H26N2O5/c1-21(2,19(24)22-13-14-8-6-7-9-17(14)27-4)20(25)23-16-12-15(26-3)10-11-18(16)28-5/h6-12H,13H2,1-5H3,(H,22,24)(H,23,25). The van der Waals surface area contributed by atoms with Gasteiger partial charge in [-0.05, 0) is 32.0 Å². The molecule has 0 atom stereocenters. The van der Waals surface area contributed by atoms with Gasteiger partial charge in [-0.2, -0.15) is 0 Å². The van der Waals surface area contributed by atoms with Gasteiger partial charge in [0.2, 0.25) is 11.8 Å². The van der Waals surface area contributed by atoms with Gasteiger partial charge in [0.05, 0.1) is 27.0 Å². The molecule has 0 saturated carbocycles. The molecule has 7 nitrogen and oxygen atoms in total. The Hall–Kier alpha value is -3.22. The molecule has 28 heavy (non-hydrogen) atoms. The Morgan fingerprint density at radius 2 is 1.57 bits per heavy atom. The highest BCUT2D eigenvalue weighted by molar-refractivity contribution is 6.10. The van der Waals surface area contributed by atoms with E-state index < -0.39 is 17.2 Å². The summed E-state index contributed by atoms with van der Waals surface area (Å²) in [4.78, 5) is 25.5. The van der Waals surface area contributed by atoms with Gasteiger partial charge < -0.3 is 24.8 Å². The van der Waals surface area contributed by atoms with Crippen LogP contribution in [-0.2, 0) is 16.1 Å². The maximum atomic E-state index is 12.8. The van der Waals surface area contributed by atoms with E-state index in [-0.39, 0.29) is 6.54 Å². The molecule has 0 fully saturated rings. The molecular weight excluding hydrogens is 360 g/mol. The van der Waals surface area contributed by atoms with Crippen molar-refractivity contribution in [1.29, 1.82) is 0 Å². The molecule has 0 bridgehead atoms. The topological polar surface area (TPSA) is 85.9 Å². The lowest BCUT2D eigenvalue weighted by Gasteiger charge is -2.23. The van der Waals surface area contributed by atoms with E-state index in [4.69, 9.17) is 14.2 Å². The van der Waals surface area contributed by atoms with Crippen molar-refractivity contribution in [2.75, 3.05) is 26.6 Å². The molecule has 0 aliphatic carbocycles. The van der Waals surface area contributed by atoms with Crippen LogP contribution in [0.15, 0.2) is 42.5 Å². The summed E-state index contributed by atoms with van der Waals surface area (Å²) in [5.74, 6) is 0.842. The van der Waals surface area contributed by atoms with Gasteiger partial charge in [0.15, 0.2) is 0 Å². The summed E-state index contributed by atoms with van der Waals surface area (Å²) in [5, 5.41) is 5.54. The second-order valence-electron chi connectivity index (χ2n) is 6.64. The van der Waals surface area contributed by atoms with Gasteiger partial charge in [-0.3, -0.25) is 9.59 Å². The number of carbonyl (C=O) groups excluding carboxylic acids is 2. The molecule has 0 aliphatic rings. The average molecular weight is 386 g/mol. The highest BCUT2D eigenvalue weighted by atomic mass is 16.5. The molecule has 0 unspecified atom stereocenters. The van der Waals surface area contributed by atoms with Crippen LogP contribution >= 0.6 is 0 Å². The van der Waals surface area contributed by atoms with Crippen molar-refractivity contribution in [3.05, 3.63) is 48.0 Å². The van der Waals surface area contributed by atoms with Gasteiger partial charge in [-0.25, -0.2) is 0 Å². The maximum absolute atomic E-state index is 12.8. The summed E-state index contributed by atoms with van der Waals surface area (Å²) >= 11 is 0. The monoisotopic (exact) mass is 386 g/mol. The van der Waals surface area contributed by atoms with E-state index in [1.807, 2.05) is 24.3 Å². The first-order valence-corrected chi connectivity index (χ1v) is 8.77. The van der Waals surface area contributed by atoms with E-state index in [0.717, 1.165) is 5.56 Å². The smallest absolute Gasteiger partial charge is 0.239 e. The quantitative estimate of drug-likeness (QED) is 0.681. The van der Waals surface area contributed by atoms with E-state index >= 15 is 0 Å². The number of anilines is 1. The first-order chi connectivity index (χ1) is 13.3. The number of rotatable bonds is 8. The minimum atomic E-state index is -1.31. The molecule has 0 spiro atoms. The zero-order valence-electron chi connectivity index (χ0n) is 16.8. The summed E-state index contributed by atoms with van der Waals surface area (Å²) in [7, 11) is 4.60. The van der Waals surface area contributed by atoms with Crippen molar-refractivity contribution < 1.29 is 23.8 Å². The Kier molecular flexibility index (Phi) is 6.87. The highest BCUT2D eigenvalue weighted by Gasteiger charge is 2.36. The zero-order chi connectivity index (χ0) is 20.7. The van der Waals surface area contributed by atoms with Gasteiger partial charge in [0.25, 0.3) is 0 Å². The molecule has 0 aromatic heterocycles. The lowest BCUT2D eigenvalue weighted by atomic mass is 9.90. The summed E-state index contributed by atoms with van der Waals surface area (Å²) < 4.78 is 15.7. The number of methoxy groups -OCH3 is 3. The predicted octanol–water partition coefficient (Wildman–Crippen LogP) is 2.99. The van der Waals surface area contributed by atoms with E-state index in [0.29, 0.717) is 22.9 Å². The third-order valence-corrected chi connectivity index (χ3v) is 4.42.